The van der Waals surface area contributed by atoms with Crippen LogP contribution in [-0.2, 0) is 0 Å². The highest BCUT2D eigenvalue weighted by Crippen LogP contribution is 2.21. The molecule has 0 amide bonds. The molecule has 108 valence electrons. The summed E-state index contributed by atoms with van der Waals surface area (Å²) in [6, 6.07) is 9.61. The van der Waals surface area contributed by atoms with Crippen molar-refractivity contribution in [2.45, 2.75) is 32.0 Å². The van der Waals surface area contributed by atoms with Gasteiger partial charge >= 0.3 is 6.18 Å². The second-order valence-electron chi connectivity index (χ2n) is 4.84. The van der Waals surface area contributed by atoms with Gasteiger partial charge in [-0.25, -0.2) is 0 Å². The lowest BCUT2D eigenvalue weighted by atomic mass is 9.95. The van der Waals surface area contributed by atoms with Crippen molar-refractivity contribution in [3.63, 3.8) is 0 Å². The van der Waals surface area contributed by atoms with Gasteiger partial charge in [-0.2, -0.15) is 13.2 Å². The smallest absolute Gasteiger partial charge is 0.324 e. The maximum atomic E-state index is 11.9. The molecule has 1 rings (SSSR count). The third-order valence-electron chi connectivity index (χ3n) is 3.08. The lowest BCUT2D eigenvalue weighted by Gasteiger charge is -2.20. The van der Waals surface area contributed by atoms with E-state index in [1.807, 2.05) is 37.3 Å². The zero-order valence-corrected chi connectivity index (χ0v) is 11.1. The average molecular weight is 274 g/mol. The molecule has 0 saturated heterocycles. The van der Waals surface area contributed by atoms with Crippen molar-refractivity contribution < 1.29 is 13.2 Å². The molecule has 5 heteroatoms. The van der Waals surface area contributed by atoms with Gasteiger partial charge in [0.1, 0.15) is 0 Å². The third-order valence-corrected chi connectivity index (χ3v) is 3.08. The molecule has 19 heavy (non-hydrogen) atoms. The summed E-state index contributed by atoms with van der Waals surface area (Å²) in [6.07, 6.45) is -4.69. The van der Waals surface area contributed by atoms with Gasteiger partial charge in [-0.3, -0.25) is 0 Å². The van der Waals surface area contributed by atoms with Gasteiger partial charge in [-0.1, -0.05) is 37.3 Å². The van der Waals surface area contributed by atoms with Crippen molar-refractivity contribution in [1.82, 2.24) is 5.32 Å². The standard InChI is InChI=1S/C14H21F3N2/c1-11(10-19-9-5-8-14(15,16)17)13(18)12-6-3-2-4-7-12/h2-4,6-7,11,13,19H,5,8-10,18H2,1H3. The lowest BCUT2D eigenvalue weighted by Crippen LogP contribution is -2.30. The second kappa shape index (κ2) is 7.50. The molecule has 0 bridgehead atoms. The monoisotopic (exact) mass is 274 g/mol. The van der Waals surface area contributed by atoms with Gasteiger partial charge in [-0.15, -0.1) is 0 Å². The summed E-state index contributed by atoms with van der Waals surface area (Å²) in [7, 11) is 0. The topological polar surface area (TPSA) is 38.0 Å². The predicted molar refractivity (Wildman–Crippen MR) is 70.7 cm³/mol. The molecule has 3 N–H and O–H groups in total. The van der Waals surface area contributed by atoms with Crippen molar-refractivity contribution in [3.05, 3.63) is 35.9 Å². The van der Waals surface area contributed by atoms with E-state index >= 15 is 0 Å². The van der Waals surface area contributed by atoms with Crippen LogP contribution in [0, 0.1) is 5.92 Å². The van der Waals surface area contributed by atoms with Crippen LogP contribution in [0.5, 0.6) is 0 Å². The number of rotatable bonds is 7. The molecule has 0 fully saturated rings. The highest BCUT2D eigenvalue weighted by molar-refractivity contribution is 5.19. The van der Waals surface area contributed by atoms with Crippen molar-refractivity contribution >= 4 is 0 Å². The molecule has 0 radical (unpaired) electrons. The summed E-state index contributed by atoms with van der Waals surface area (Å²) in [5.41, 5.74) is 7.15. The van der Waals surface area contributed by atoms with Gasteiger partial charge in [0, 0.05) is 12.5 Å². The molecule has 2 unspecified atom stereocenters. The van der Waals surface area contributed by atoms with Crippen LogP contribution in [0.3, 0.4) is 0 Å². The van der Waals surface area contributed by atoms with E-state index in [-0.39, 0.29) is 18.4 Å². The first-order chi connectivity index (χ1) is 8.90. The van der Waals surface area contributed by atoms with Crippen LogP contribution < -0.4 is 11.1 Å². The zero-order chi connectivity index (χ0) is 14.3. The Labute approximate surface area is 112 Å². The predicted octanol–water partition coefficient (Wildman–Crippen LogP) is 3.25. The van der Waals surface area contributed by atoms with E-state index in [0.717, 1.165) is 5.56 Å². The number of hydrogen-bond donors (Lipinski definition) is 2. The number of alkyl halides is 3. The van der Waals surface area contributed by atoms with Crippen LogP contribution in [-0.4, -0.2) is 19.3 Å². The SMILES string of the molecule is CC(CNCCCC(F)(F)F)C(N)c1ccccc1. The largest absolute Gasteiger partial charge is 0.389 e. The van der Waals surface area contributed by atoms with Crippen molar-refractivity contribution in [2.75, 3.05) is 13.1 Å². The normalized spacial score (nSPS) is 15.2. The minimum absolute atomic E-state index is 0.101. The number of halogens is 3. The quantitative estimate of drug-likeness (QED) is 0.749. The molecule has 0 aliphatic carbocycles. The summed E-state index contributed by atoms with van der Waals surface area (Å²) in [6.45, 7) is 2.98. The third kappa shape index (κ3) is 6.59. The highest BCUT2D eigenvalue weighted by atomic mass is 19.4. The van der Waals surface area contributed by atoms with Crippen LogP contribution >= 0.6 is 0 Å². The highest BCUT2D eigenvalue weighted by Gasteiger charge is 2.25. The molecule has 2 nitrogen and oxygen atoms in total. The minimum Gasteiger partial charge on any atom is -0.324 e. The molecular formula is C14H21F3N2. The van der Waals surface area contributed by atoms with E-state index in [0.29, 0.717) is 13.1 Å². The Morgan fingerprint density at radius 1 is 1.21 bits per heavy atom. The number of benzene rings is 1. The fourth-order valence-electron chi connectivity index (χ4n) is 1.87. The molecule has 2 atom stereocenters. The van der Waals surface area contributed by atoms with E-state index < -0.39 is 12.6 Å². The van der Waals surface area contributed by atoms with Crippen LogP contribution in [0.15, 0.2) is 30.3 Å². The van der Waals surface area contributed by atoms with E-state index in [1.54, 1.807) is 0 Å². The molecule has 0 aromatic heterocycles. The Bertz CT molecular complexity index is 351. The Kier molecular flexibility index (Phi) is 6.31. The Morgan fingerprint density at radius 2 is 1.84 bits per heavy atom. The summed E-state index contributed by atoms with van der Waals surface area (Å²) < 4.78 is 35.8. The van der Waals surface area contributed by atoms with Crippen LogP contribution in [0.2, 0.25) is 0 Å². The summed E-state index contributed by atoms with van der Waals surface area (Å²) in [5.74, 6) is 0.174. The summed E-state index contributed by atoms with van der Waals surface area (Å²) in [4.78, 5) is 0. The van der Waals surface area contributed by atoms with Gasteiger partial charge in [0.05, 0.1) is 0 Å². The Morgan fingerprint density at radius 3 is 2.42 bits per heavy atom. The fraction of sp³-hybridized carbons (Fsp3) is 0.571. The first-order valence-corrected chi connectivity index (χ1v) is 6.48. The van der Waals surface area contributed by atoms with Crippen molar-refractivity contribution in [1.29, 1.82) is 0 Å². The van der Waals surface area contributed by atoms with E-state index in [9.17, 15) is 13.2 Å². The number of nitrogens with one attached hydrogen (secondary N) is 1. The molecule has 0 aliphatic heterocycles. The summed E-state index contributed by atoms with van der Waals surface area (Å²) >= 11 is 0. The molecule has 1 aromatic carbocycles. The van der Waals surface area contributed by atoms with Gasteiger partial charge in [-0.05, 0) is 31.0 Å². The van der Waals surface area contributed by atoms with Gasteiger partial charge < -0.3 is 11.1 Å². The number of hydrogen-bond acceptors (Lipinski definition) is 2. The van der Waals surface area contributed by atoms with Crippen LogP contribution in [0.4, 0.5) is 13.2 Å². The average Bonchev–Trinajstić information content (AvgIpc) is 2.37. The first-order valence-electron chi connectivity index (χ1n) is 6.48. The lowest BCUT2D eigenvalue weighted by molar-refractivity contribution is -0.135. The van der Waals surface area contributed by atoms with E-state index in [4.69, 9.17) is 5.73 Å². The Hall–Kier alpha value is -1.07. The Balaban J connectivity index is 2.23. The molecule has 0 aliphatic rings. The van der Waals surface area contributed by atoms with E-state index in [2.05, 4.69) is 5.32 Å². The molecule has 1 aromatic rings. The maximum absolute atomic E-state index is 11.9. The minimum atomic E-state index is -4.06. The number of nitrogens with two attached hydrogens (primary N) is 1. The van der Waals surface area contributed by atoms with Crippen molar-refractivity contribution in [3.8, 4) is 0 Å². The van der Waals surface area contributed by atoms with Crippen LogP contribution in [0.1, 0.15) is 31.4 Å². The van der Waals surface area contributed by atoms with Crippen molar-refractivity contribution in [2.24, 2.45) is 11.7 Å². The first kappa shape index (κ1) is 16.0. The van der Waals surface area contributed by atoms with Crippen LogP contribution in [0.25, 0.3) is 0 Å². The molecule has 0 heterocycles. The second-order valence-corrected chi connectivity index (χ2v) is 4.84. The maximum Gasteiger partial charge on any atom is 0.389 e. The fourth-order valence-corrected chi connectivity index (χ4v) is 1.87. The summed E-state index contributed by atoms with van der Waals surface area (Å²) in [5, 5.41) is 3.03. The molecule has 0 spiro atoms. The molecule has 0 saturated carbocycles. The van der Waals surface area contributed by atoms with E-state index in [1.165, 1.54) is 0 Å². The van der Waals surface area contributed by atoms with Gasteiger partial charge in [0.2, 0.25) is 0 Å². The van der Waals surface area contributed by atoms with Gasteiger partial charge in [0.15, 0.2) is 0 Å². The van der Waals surface area contributed by atoms with Gasteiger partial charge in [0.25, 0.3) is 0 Å². The molecular weight excluding hydrogens is 253 g/mol. The zero-order valence-electron chi connectivity index (χ0n) is 11.1.